The van der Waals surface area contributed by atoms with Crippen LogP contribution in [0.4, 0.5) is 5.82 Å². The Bertz CT molecular complexity index is 624. The van der Waals surface area contributed by atoms with Crippen LogP contribution in [0.1, 0.15) is 0 Å². The number of rotatable bonds is 3. The normalized spacial score (nSPS) is 10.4. The fourth-order valence-electron chi connectivity index (χ4n) is 1.28. The molecule has 0 atom stereocenters. The Labute approximate surface area is 132 Å². The summed E-state index contributed by atoms with van der Waals surface area (Å²) in [6, 6.07) is 6.56. The highest BCUT2D eigenvalue weighted by Crippen LogP contribution is 2.36. The molecule has 19 heavy (non-hydrogen) atoms. The van der Waals surface area contributed by atoms with Crippen molar-refractivity contribution < 1.29 is 4.74 Å². The van der Waals surface area contributed by atoms with Gasteiger partial charge in [-0.05, 0) is 40.2 Å². The minimum atomic E-state index is 0.182. The van der Waals surface area contributed by atoms with Crippen molar-refractivity contribution in [3.63, 3.8) is 0 Å². The molecule has 1 aromatic carbocycles. The number of benzene rings is 1. The quantitative estimate of drug-likeness (QED) is 0.586. The largest absolute Gasteiger partial charge is 0.436 e. The van der Waals surface area contributed by atoms with Crippen molar-refractivity contribution in [3.8, 4) is 11.6 Å². The number of hydrogen-bond acceptors (Lipinski definition) is 4. The van der Waals surface area contributed by atoms with Gasteiger partial charge in [-0.1, -0.05) is 34.8 Å². The van der Waals surface area contributed by atoms with E-state index in [4.69, 9.17) is 45.4 Å². The lowest BCUT2D eigenvalue weighted by molar-refractivity contribution is 0.461. The Hall–Kier alpha value is -0.720. The number of anilines is 1. The summed E-state index contributed by atoms with van der Waals surface area (Å²) >= 11 is 21.1. The molecule has 100 valence electrons. The third kappa shape index (κ3) is 3.43. The summed E-state index contributed by atoms with van der Waals surface area (Å²) in [5.41, 5.74) is 2.36. The molecule has 0 saturated heterocycles. The molecule has 1 aromatic heterocycles. The monoisotopic (exact) mass is 381 g/mol. The molecule has 0 saturated carbocycles. The molecule has 0 aliphatic rings. The molecule has 0 spiro atoms. The van der Waals surface area contributed by atoms with Crippen molar-refractivity contribution in [2.45, 2.75) is 0 Å². The number of hydrogen-bond donors (Lipinski definition) is 2. The van der Waals surface area contributed by atoms with Gasteiger partial charge in [-0.15, -0.1) is 0 Å². The number of nitrogens with one attached hydrogen (secondary N) is 1. The van der Waals surface area contributed by atoms with E-state index < -0.39 is 0 Å². The highest BCUT2D eigenvalue weighted by atomic mass is 79.9. The van der Waals surface area contributed by atoms with E-state index in [0.717, 1.165) is 0 Å². The van der Waals surface area contributed by atoms with Crippen molar-refractivity contribution in [3.05, 3.63) is 43.8 Å². The molecule has 2 rings (SSSR count). The zero-order valence-corrected chi connectivity index (χ0v) is 13.1. The number of pyridine rings is 1. The number of hydrazine groups is 1. The minimum Gasteiger partial charge on any atom is -0.436 e. The summed E-state index contributed by atoms with van der Waals surface area (Å²) < 4.78 is 6.27. The SMILES string of the molecule is NNc1nc(Oc2ccc(Cl)cc2Br)c(Cl)cc1Cl. The summed E-state index contributed by atoms with van der Waals surface area (Å²) in [7, 11) is 0. The maximum atomic E-state index is 6.01. The summed E-state index contributed by atoms with van der Waals surface area (Å²) in [6.45, 7) is 0. The molecule has 0 aliphatic carbocycles. The van der Waals surface area contributed by atoms with Gasteiger partial charge in [0, 0.05) is 5.02 Å². The Morgan fingerprint density at radius 2 is 1.89 bits per heavy atom. The first-order valence-electron chi connectivity index (χ1n) is 4.97. The van der Waals surface area contributed by atoms with Gasteiger partial charge in [0.1, 0.15) is 10.8 Å². The van der Waals surface area contributed by atoms with Gasteiger partial charge in [0.05, 0.1) is 9.50 Å². The van der Waals surface area contributed by atoms with E-state index in [0.29, 0.717) is 20.3 Å². The van der Waals surface area contributed by atoms with E-state index >= 15 is 0 Å². The Balaban J connectivity index is 2.37. The van der Waals surface area contributed by atoms with Gasteiger partial charge in [-0.25, -0.2) is 5.84 Å². The molecule has 0 amide bonds. The minimum absolute atomic E-state index is 0.182. The lowest BCUT2D eigenvalue weighted by atomic mass is 10.3. The lowest BCUT2D eigenvalue weighted by Crippen LogP contribution is -2.09. The molecular formula is C11H7BrCl3N3O. The average Bonchev–Trinajstić information content (AvgIpc) is 2.35. The molecule has 3 N–H and O–H groups in total. The van der Waals surface area contributed by atoms with Crippen LogP contribution in [0.2, 0.25) is 15.1 Å². The van der Waals surface area contributed by atoms with Gasteiger partial charge in [-0.3, -0.25) is 0 Å². The first-order valence-corrected chi connectivity index (χ1v) is 6.89. The Kier molecular flexibility index (Phi) is 4.76. The smallest absolute Gasteiger partial charge is 0.240 e. The summed E-state index contributed by atoms with van der Waals surface area (Å²) in [6.07, 6.45) is 0. The molecule has 0 aliphatic heterocycles. The van der Waals surface area contributed by atoms with E-state index in [9.17, 15) is 0 Å². The van der Waals surface area contributed by atoms with E-state index in [1.165, 1.54) is 6.07 Å². The second kappa shape index (κ2) is 6.15. The third-order valence-electron chi connectivity index (χ3n) is 2.13. The highest BCUT2D eigenvalue weighted by Gasteiger charge is 2.12. The number of nitrogen functional groups attached to an aromatic ring is 1. The maximum absolute atomic E-state index is 6.01. The predicted octanol–water partition coefficient (Wildman–Crippen LogP) is 4.88. The number of aromatic nitrogens is 1. The van der Waals surface area contributed by atoms with E-state index in [1.807, 2.05) is 0 Å². The molecule has 1 heterocycles. The van der Waals surface area contributed by atoms with Gasteiger partial charge in [0.25, 0.3) is 0 Å². The van der Waals surface area contributed by atoms with E-state index in [-0.39, 0.29) is 16.7 Å². The van der Waals surface area contributed by atoms with Crippen LogP contribution < -0.4 is 16.0 Å². The fourth-order valence-corrected chi connectivity index (χ4v) is 2.50. The zero-order chi connectivity index (χ0) is 14.0. The van der Waals surface area contributed by atoms with Crippen LogP contribution in [0, 0.1) is 0 Å². The van der Waals surface area contributed by atoms with Crippen LogP contribution in [0.3, 0.4) is 0 Å². The predicted molar refractivity (Wildman–Crippen MR) is 81.3 cm³/mol. The van der Waals surface area contributed by atoms with E-state index in [1.54, 1.807) is 18.2 Å². The van der Waals surface area contributed by atoms with Gasteiger partial charge >= 0.3 is 0 Å². The van der Waals surface area contributed by atoms with Crippen molar-refractivity contribution in [2.24, 2.45) is 5.84 Å². The van der Waals surface area contributed by atoms with Crippen LogP contribution in [0.15, 0.2) is 28.7 Å². The Morgan fingerprint density at radius 1 is 1.16 bits per heavy atom. The van der Waals surface area contributed by atoms with Crippen LogP contribution in [-0.2, 0) is 0 Å². The molecule has 0 bridgehead atoms. The second-order valence-corrected chi connectivity index (χ2v) is 5.53. The van der Waals surface area contributed by atoms with Crippen LogP contribution in [0.5, 0.6) is 11.6 Å². The number of halogens is 4. The van der Waals surface area contributed by atoms with Gasteiger partial charge < -0.3 is 10.2 Å². The average molecular weight is 383 g/mol. The molecule has 0 fully saturated rings. The second-order valence-electron chi connectivity index (χ2n) is 3.43. The zero-order valence-electron chi connectivity index (χ0n) is 9.25. The first kappa shape index (κ1) is 14.7. The molecule has 0 unspecified atom stereocenters. The van der Waals surface area contributed by atoms with Crippen molar-refractivity contribution >= 4 is 56.6 Å². The van der Waals surface area contributed by atoms with Gasteiger partial charge in [0.2, 0.25) is 5.88 Å². The Morgan fingerprint density at radius 3 is 2.53 bits per heavy atom. The van der Waals surface area contributed by atoms with Crippen molar-refractivity contribution in [1.82, 2.24) is 4.98 Å². The summed E-state index contributed by atoms with van der Waals surface area (Å²) in [4.78, 5) is 4.07. The van der Waals surface area contributed by atoms with Crippen molar-refractivity contribution in [2.75, 3.05) is 5.43 Å². The van der Waals surface area contributed by atoms with Crippen molar-refractivity contribution in [1.29, 1.82) is 0 Å². The summed E-state index contributed by atoms with van der Waals surface area (Å²) in [5.74, 6) is 6.26. The number of nitrogens with zero attached hydrogens (tertiary/aromatic N) is 1. The third-order valence-corrected chi connectivity index (χ3v) is 3.55. The van der Waals surface area contributed by atoms with Crippen LogP contribution in [-0.4, -0.2) is 4.98 Å². The molecule has 8 heteroatoms. The number of ether oxygens (including phenoxy) is 1. The van der Waals surface area contributed by atoms with Gasteiger partial charge in [0.15, 0.2) is 5.82 Å². The topological polar surface area (TPSA) is 60.2 Å². The molecular weight excluding hydrogens is 376 g/mol. The van der Waals surface area contributed by atoms with Crippen LogP contribution >= 0.6 is 50.7 Å². The molecule has 0 radical (unpaired) electrons. The first-order chi connectivity index (χ1) is 9.01. The van der Waals surface area contributed by atoms with Crippen LogP contribution in [0.25, 0.3) is 0 Å². The maximum Gasteiger partial charge on any atom is 0.240 e. The standard InChI is InChI=1S/C11H7BrCl3N3O/c12-6-3-5(13)1-2-9(6)19-11-8(15)4-7(14)10(17-11)18-16/h1-4H,16H2,(H,17,18). The fraction of sp³-hybridized carbons (Fsp3) is 0. The summed E-state index contributed by atoms with van der Waals surface area (Å²) in [5, 5.41) is 1.15. The molecule has 4 nitrogen and oxygen atoms in total. The molecule has 2 aromatic rings. The van der Waals surface area contributed by atoms with E-state index in [2.05, 4.69) is 26.3 Å². The van der Waals surface area contributed by atoms with Gasteiger partial charge in [-0.2, -0.15) is 4.98 Å². The number of nitrogens with two attached hydrogens (primary N) is 1. The highest BCUT2D eigenvalue weighted by molar-refractivity contribution is 9.10. The lowest BCUT2D eigenvalue weighted by Gasteiger charge is -2.11.